The maximum absolute atomic E-state index is 11.7. The van der Waals surface area contributed by atoms with Crippen LogP contribution in [0.25, 0.3) is 0 Å². The number of rotatable bonds is 8. The first-order valence-electron chi connectivity index (χ1n) is 8.49. The molecule has 24 heavy (non-hydrogen) atoms. The molecule has 0 aromatic rings. The van der Waals surface area contributed by atoms with Crippen molar-refractivity contribution in [1.82, 2.24) is 0 Å². The molecule has 7 heteroatoms. The molecular weight excluding hydrogens is 328 g/mol. The summed E-state index contributed by atoms with van der Waals surface area (Å²) in [4.78, 5) is 11.7. The molecule has 4 atom stereocenters. The first-order chi connectivity index (χ1) is 11.1. The lowest BCUT2D eigenvalue weighted by molar-refractivity contribution is -0.198. The minimum Gasteiger partial charge on any atom is -0.469 e. The van der Waals surface area contributed by atoms with Crippen LogP contribution < -0.4 is 0 Å². The van der Waals surface area contributed by atoms with Crippen LogP contribution in [0.3, 0.4) is 0 Å². The molecule has 0 bridgehead atoms. The van der Waals surface area contributed by atoms with Crippen molar-refractivity contribution in [1.29, 1.82) is 0 Å². The Hall–Kier alpha value is -0.473. The molecule has 1 heterocycles. The second kappa shape index (κ2) is 8.76. The van der Waals surface area contributed by atoms with Crippen LogP contribution in [0.2, 0.25) is 18.1 Å². The van der Waals surface area contributed by atoms with E-state index >= 15 is 0 Å². The summed E-state index contributed by atoms with van der Waals surface area (Å²) in [6, 6.07) is 0. The van der Waals surface area contributed by atoms with Crippen LogP contribution in [0, 0.1) is 11.8 Å². The Morgan fingerprint density at radius 2 is 1.58 bits per heavy atom. The fourth-order valence-electron chi connectivity index (χ4n) is 2.74. The molecule has 0 spiro atoms. The molecule has 0 aromatic heterocycles. The van der Waals surface area contributed by atoms with Gasteiger partial charge in [0, 0.05) is 32.7 Å². The number of hydrogen-bond acceptors (Lipinski definition) is 6. The molecule has 0 aliphatic carbocycles. The summed E-state index contributed by atoms with van der Waals surface area (Å²) in [5.74, 6) is -0.336. The normalized spacial score (nSPS) is 28.2. The van der Waals surface area contributed by atoms with Crippen LogP contribution in [0.15, 0.2) is 0 Å². The predicted octanol–water partition coefficient (Wildman–Crippen LogP) is 3.17. The first-order valence-corrected chi connectivity index (χ1v) is 11.4. The van der Waals surface area contributed by atoms with Crippen LogP contribution in [0.1, 0.15) is 33.6 Å². The van der Waals surface area contributed by atoms with E-state index in [9.17, 15) is 4.79 Å². The largest absolute Gasteiger partial charge is 0.469 e. The number of carbonyl (C=O) groups excluding carboxylic acids is 1. The second-order valence-electron chi connectivity index (χ2n) is 7.85. The van der Waals surface area contributed by atoms with Gasteiger partial charge in [0.05, 0.1) is 13.5 Å². The van der Waals surface area contributed by atoms with Crippen molar-refractivity contribution < 1.29 is 28.2 Å². The lowest BCUT2D eigenvalue weighted by Gasteiger charge is -2.36. The van der Waals surface area contributed by atoms with Crippen molar-refractivity contribution in [3.8, 4) is 0 Å². The Balaban J connectivity index is 2.74. The van der Waals surface area contributed by atoms with Crippen molar-refractivity contribution in [2.45, 2.75) is 64.3 Å². The highest BCUT2D eigenvalue weighted by molar-refractivity contribution is 6.74. The summed E-state index contributed by atoms with van der Waals surface area (Å²) in [7, 11) is 2.78. The highest BCUT2D eigenvalue weighted by Gasteiger charge is 2.46. The van der Waals surface area contributed by atoms with Gasteiger partial charge >= 0.3 is 5.97 Å². The highest BCUT2D eigenvalue weighted by Crippen LogP contribution is 2.40. The first kappa shape index (κ1) is 21.6. The second-order valence-corrected chi connectivity index (χ2v) is 12.7. The van der Waals surface area contributed by atoms with Gasteiger partial charge in [0.25, 0.3) is 0 Å². The van der Waals surface area contributed by atoms with Gasteiger partial charge in [-0.25, -0.2) is 0 Å². The molecule has 142 valence electrons. The average Bonchev–Trinajstić information content (AvgIpc) is 2.83. The lowest BCUT2D eigenvalue weighted by atomic mass is 9.88. The summed E-state index contributed by atoms with van der Waals surface area (Å²) < 4.78 is 27.7. The molecule has 0 unspecified atom stereocenters. The van der Waals surface area contributed by atoms with E-state index in [1.54, 1.807) is 14.2 Å². The maximum atomic E-state index is 11.7. The van der Waals surface area contributed by atoms with E-state index < -0.39 is 20.9 Å². The van der Waals surface area contributed by atoms with E-state index in [2.05, 4.69) is 33.9 Å². The number of hydrogen-bond donors (Lipinski definition) is 0. The van der Waals surface area contributed by atoms with Crippen molar-refractivity contribution in [2.24, 2.45) is 11.8 Å². The summed E-state index contributed by atoms with van der Waals surface area (Å²) >= 11 is 0. The van der Waals surface area contributed by atoms with Gasteiger partial charge in [-0.05, 0) is 24.6 Å². The van der Waals surface area contributed by atoms with Crippen LogP contribution in [0.4, 0.5) is 0 Å². The van der Waals surface area contributed by atoms with Gasteiger partial charge < -0.3 is 23.4 Å². The number of ether oxygens (including phenoxy) is 4. The molecule has 0 amide bonds. The van der Waals surface area contributed by atoms with E-state index in [1.165, 1.54) is 7.11 Å². The zero-order valence-corrected chi connectivity index (χ0v) is 17.4. The Labute approximate surface area is 147 Å². The molecule has 1 fully saturated rings. The Morgan fingerprint density at radius 3 is 2.04 bits per heavy atom. The maximum Gasteiger partial charge on any atom is 0.305 e. The number of carbonyl (C=O) groups is 1. The molecule has 6 nitrogen and oxygen atoms in total. The zero-order valence-electron chi connectivity index (χ0n) is 16.4. The van der Waals surface area contributed by atoms with Gasteiger partial charge in [-0.1, -0.05) is 20.8 Å². The molecule has 1 saturated heterocycles. The van der Waals surface area contributed by atoms with Crippen molar-refractivity contribution >= 4 is 14.3 Å². The quantitative estimate of drug-likeness (QED) is 0.488. The summed E-state index contributed by atoms with van der Waals surface area (Å²) in [6.45, 7) is 11.7. The van der Waals surface area contributed by atoms with E-state index in [0.29, 0.717) is 6.61 Å². The Kier molecular flexibility index (Phi) is 7.87. The minimum atomic E-state index is -1.80. The van der Waals surface area contributed by atoms with E-state index in [4.69, 9.17) is 23.4 Å². The third-order valence-corrected chi connectivity index (χ3v) is 9.87. The molecule has 0 N–H and O–H groups in total. The molecule has 1 aliphatic heterocycles. The van der Waals surface area contributed by atoms with Crippen LogP contribution >= 0.6 is 0 Å². The van der Waals surface area contributed by atoms with Crippen molar-refractivity contribution in [2.75, 3.05) is 27.9 Å². The highest BCUT2D eigenvalue weighted by atomic mass is 28.4. The van der Waals surface area contributed by atoms with Crippen LogP contribution in [0.5, 0.6) is 0 Å². The van der Waals surface area contributed by atoms with Gasteiger partial charge in [-0.15, -0.1) is 0 Å². The van der Waals surface area contributed by atoms with Gasteiger partial charge in [0.15, 0.2) is 20.9 Å². The summed E-state index contributed by atoms with van der Waals surface area (Å²) in [5, 5.41) is 0.167. The van der Waals surface area contributed by atoms with Crippen LogP contribution in [-0.2, 0) is 28.2 Å². The minimum absolute atomic E-state index is 0.0313. The molecular formula is C17H34O6Si. The number of methoxy groups -OCH3 is 3. The molecule has 1 rings (SSSR count). The van der Waals surface area contributed by atoms with E-state index in [0.717, 1.165) is 6.42 Å². The van der Waals surface area contributed by atoms with Gasteiger partial charge in [-0.3, -0.25) is 4.79 Å². The smallest absolute Gasteiger partial charge is 0.305 e. The Morgan fingerprint density at radius 1 is 1.04 bits per heavy atom. The zero-order chi connectivity index (χ0) is 18.5. The predicted molar refractivity (Wildman–Crippen MR) is 94.1 cm³/mol. The van der Waals surface area contributed by atoms with Gasteiger partial charge in [0.1, 0.15) is 0 Å². The fraction of sp³-hybridized carbons (Fsp3) is 0.941. The lowest BCUT2D eigenvalue weighted by Crippen LogP contribution is -2.41. The number of esters is 1. The topological polar surface area (TPSA) is 63.2 Å². The standard InChI is InChI=1S/C17H34O6Si/c1-17(2,3)24(7,8)22-10-9-12-13(11-14(18)19-4)16(21-6)23-15(12)20-5/h12-13,15-16H,9-11H2,1-8H3/t12-,13+,15-,16+/m1/s1. The SMILES string of the molecule is COC(=O)C[C@@H]1[C@@H](OC)O[C@@H](OC)[C@@H]1CCO[Si](C)(C)C(C)(C)C. The van der Waals surface area contributed by atoms with Gasteiger partial charge in [0.2, 0.25) is 0 Å². The van der Waals surface area contributed by atoms with Crippen LogP contribution in [-0.4, -0.2) is 54.8 Å². The van der Waals surface area contributed by atoms with E-state index in [1.807, 2.05) is 0 Å². The van der Waals surface area contributed by atoms with Gasteiger partial charge in [-0.2, -0.15) is 0 Å². The van der Waals surface area contributed by atoms with E-state index in [-0.39, 0.29) is 29.3 Å². The monoisotopic (exact) mass is 362 g/mol. The third kappa shape index (κ3) is 5.26. The molecule has 0 saturated carbocycles. The van der Waals surface area contributed by atoms with Crippen molar-refractivity contribution in [3.05, 3.63) is 0 Å². The Bertz CT molecular complexity index is 406. The molecule has 0 aromatic carbocycles. The summed E-state index contributed by atoms with van der Waals surface area (Å²) in [6.07, 6.45) is 0.145. The fourth-order valence-corrected chi connectivity index (χ4v) is 3.80. The average molecular weight is 363 g/mol. The molecule has 1 aliphatic rings. The molecule has 0 radical (unpaired) electrons. The van der Waals surface area contributed by atoms with Crippen molar-refractivity contribution in [3.63, 3.8) is 0 Å². The third-order valence-electron chi connectivity index (χ3n) is 5.33. The summed E-state index contributed by atoms with van der Waals surface area (Å²) in [5.41, 5.74) is 0.